The maximum Gasteiger partial charge on any atom is 0.326 e. The van der Waals surface area contributed by atoms with Gasteiger partial charge >= 0.3 is 5.97 Å². The number of aliphatic carboxylic acids is 1. The second kappa shape index (κ2) is 12.2. The topological polar surface area (TPSA) is 263 Å². The molecule has 15 nitrogen and oxygen atoms in total. The number of carboxylic acid groups (broad SMARTS) is 1. The van der Waals surface area contributed by atoms with E-state index in [2.05, 4.69) is 20.6 Å². The largest absolute Gasteiger partial charge is 0.480 e. The number of primary amides is 1. The lowest BCUT2D eigenvalue weighted by atomic mass is 10.1. The van der Waals surface area contributed by atoms with Gasteiger partial charge in [0.25, 0.3) is 0 Å². The van der Waals surface area contributed by atoms with E-state index < -0.39 is 73.4 Å². The lowest BCUT2D eigenvalue weighted by Crippen LogP contribution is -2.59. The van der Waals surface area contributed by atoms with Gasteiger partial charge in [-0.25, -0.2) is 9.78 Å². The minimum Gasteiger partial charge on any atom is -0.480 e. The molecule has 4 unspecified atom stereocenters. The third-order valence-corrected chi connectivity index (χ3v) is 3.98. The summed E-state index contributed by atoms with van der Waals surface area (Å²) in [6.45, 7) is -1.79. The Bertz CT molecular complexity index is 785. The molecule has 0 saturated carbocycles. The molecule has 1 aromatic heterocycles. The number of nitrogens with one attached hydrogen (secondary N) is 4. The van der Waals surface area contributed by atoms with Gasteiger partial charge in [0.05, 0.1) is 32.0 Å². The summed E-state index contributed by atoms with van der Waals surface area (Å²) >= 11 is 0. The summed E-state index contributed by atoms with van der Waals surface area (Å²) in [5.41, 5.74) is 11.2. The number of aliphatic hydroxyl groups is 2. The molecular formula is C16H25N7O8. The zero-order chi connectivity index (χ0) is 23.6. The minimum atomic E-state index is -1.68. The highest BCUT2D eigenvalue weighted by molar-refractivity contribution is 5.95. The predicted molar refractivity (Wildman–Crippen MR) is 102 cm³/mol. The van der Waals surface area contributed by atoms with Crippen molar-refractivity contribution in [2.45, 2.75) is 37.0 Å². The molecule has 4 amide bonds. The maximum absolute atomic E-state index is 12.3. The zero-order valence-corrected chi connectivity index (χ0v) is 16.3. The zero-order valence-electron chi connectivity index (χ0n) is 16.3. The number of aromatic amines is 1. The summed E-state index contributed by atoms with van der Waals surface area (Å²) < 4.78 is 0. The molecule has 172 valence electrons. The summed E-state index contributed by atoms with van der Waals surface area (Å²) in [6.07, 6.45) is 2.21. The number of aliphatic hydroxyl groups excluding tert-OH is 2. The molecule has 1 heterocycles. The average Bonchev–Trinajstić information content (AvgIpc) is 3.21. The standard InChI is InChI=1S/C16H25N7O8/c17-8(1-7-3-19-6-20-7)13(27)22-10(4-24)15(29)23-11(5-25)14(28)21-9(16(30)31)2-12(18)26/h3,6,8-11,24-25H,1-2,4-5,17H2,(H2,18,26)(H,19,20)(H,21,28)(H,22,27)(H,23,29)(H,30,31). The quantitative estimate of drug-likeness (QED) is 0.140. The van der Waals surface area contributed by atoms with Gasteiger partial charge in [-0.15, -0.1) is 0 Å². The second-order valence-electron chi connectivity index (χ2n) is 6.44. The molecule has 0 spiro atoms. The van der Waals surface area contributed by atoms with Crippen molar-refractivity contribution in [1.29, 1.82) is 0 Å². The summed E-state index contributed by atoms with van der Waals surface area (Å²) in [5, 5.41) is 34.0. The van der Waals surface area contributed by atoms with Gasteiger partial charge in [0.1, 0.15) is 18.1 Å². The normalized spacial score (nSPS) is 14.5. The van der Waals surface area contributed by atoms with Crippen molar-refractivity contribution in [3.63, 3.8) is 0 Å². The lowest BCUT2D eigenvalue weighted by Gasteiger charge is -2.23. The molecule has 0 aromatic carbocycles. The van der Waals surface area contributed by atoms with E-state index in [1.165, 1.54) is 12.5 Å². The van der Waals surface area contributed by atoms with Crippen molar-refractivity contribution in [3.8, 4) is 0 Å². The van der Waals surface area contributed by atoms with Gasteiger partial charge < -0.3 is 47.7 Å². The van der Waals surface area contributed by atoms with Crippen molar-refractivity contribution in [1.82, 2.24) is 25.9 Å². The predicted octanol–water partition coefficient (Wildman–Crippen LogP) is -5.32. The molecule has 0 aliphatic rings. The number of carbonyl (C=O) groups is 5. The highest BCUT2D eigenvalue weighted by Crippen LogP contribution is 1.98. The molecule has 4 atom stereocenters. The number of rotatable bonds is 13. The van der Waals surface area contributed by atoms with Crippen molar-refractivity contribution < 1.29 is 39.3 Å². The number of nitrogens with zero attached hydrogens (tertiary/aromatic N) is 1. The number of H-pyrrole nitrogens is 1. The van der Waals surface area contributed by atoms with E-state index in [0.29, 0.717) is 5.69 Å². The first-order chi connectivity index (χ1) is 14.6. The molecule has 0 saturated heterocycles. The lowest BCUT2D eigenvalue weighted by molar-refractivity contribution is -0.144. The number of aromatic nitrogens is 2. The Balaban J connectivity index is 2.70. The summed E-state index contributed by atoms with van der Waals surface area (Å²) in [7, 11) is 0. The third kappa shape index (κ3) is 8.37. The van der Waals surface area contributed by atoms with Crippen LogP contribution in [-0.4, -0.2) is 92.3 Å². The Labute approximate surface area is 175 Å². The van der Waals surface area contributed by atoms with Gasteiger partial charge in [-0.1, -0.05) is 0 Å². The monoisotopic (exact) mass is 443 g/mol. The van der Waals surface area contributed by atoms with Crippen molar-refractivity contribution in [3.05, 3.63) is 18.2 Å². The number of nitrogens with two attached hydrogens (primary N) is 2. The van der Waals surface area contributed by atoms with Gasteiger partial charge in [0.2, 0.25) is 23.6 Å². The second-order valence-corrected chi connectivity index (χ2v) is 6.44. The van der Waals surface area contributed by atoms with Gasteiger partial charge in [-0.2, -0.15) is 0 Å². The van der Waals surface area contributed by atoms with Crippen molar-refractivity contribution in [2.24, 2.45) is 11.5 Å². The van der Waals surface area contributed by atoms with Crippen LogP contribution in [0.1, 0.15) is 12.1 Å². The highest BCUT2D eigenvalue weighted by Gasteiger charge is 2.30. The maximum atomic E-state index is 12.3. The molecule has 31 heavy (non-hydrogen) atoms. The smallest absolute Gasteiger partial charge is 0.326 e. The Morgan fingerprint density at radius 3 is 1.90 bits per heavy atom. The van der Waals surface area contributed by atoms with Gasteiger partial charge in [0.15, 0.2) is 0 Å². The highest BCUT2D eigenvalue weighted by atomic mass is 16.4. The van der Waals surface area contributed by atoms with Crippen LogP contribution >= 0.6 is 0 Å². The molecule has 15 heteroatoms. The fourth-order valence-corrected chi connectivity index (χ4v) is 2.34. The number of imidazole rings is 1. The molecule has 11 N–H and O–H groups in total. The van der Waals surface area contributed by atoms with Crippen LogP contribution in [0.15, 0.2) is 12.5 Å². The molecular weight excluding hydrogens is 418 g/mol. The van der Waals surface area contributed by atoms with Gasteiger partial charge in [-0.3, -0.25) is 19.2 Å². The van der Waals surface area contributed by atoms with Crippen LogP contribution in [0.2, 0.25) is 0 Å². The van der Waals surface area contributed by atoms with Crippen LogP contribution in [0.3, 0.4) is 0 Å². The summed E-state index contributed by atoms with van der Waals surface area (Å²) in [6, 6.07) is -5.90. The number of carbonyl (C=O) groups excluding carboxylic acids is 4. The fourth-order valence-electron chi connectivity index (χ4n) is 2.34. The van der Waals surface area contributed by atoms with Crippen molar-refractivity contribution >= 4 is 29.6 Å². The van der Waals surface area contributed by atoms with Crippen LogP contribution in [0.25, 0.3) is 0 Å². The molecule has 0 aliphatic carbocycles. The molecule has 1 aromatic rings. The Morgan fingerprint density at radius 2 is 1.48 bits per heavy atom. The van der Waals surface area contributed by atoms with Crippen LogP contribution < -0.4 is 27.4 Å². The molecule has 0 fully saturated rings. The van der Waals surface area contributed by atoms with Gasteiger partial charge in [-0.05, 0) is 0 Å². The van der Waals surface area contributed by atoms with Crippen LogP contribution in [0, 0.1) is 0 Å². The van der Waals surface area contributed by atoms with Crippen molar-refractivity contribution in [2.75, 3.05) is 13.2 Å². The van der Waals surface area contributed by atoms with E-state index in [9.17, 15) is 34.2 Å². The molecule has 1 rings (SSSR count). The Hall–Kier alpha value is -3.56. The average molecular weight is 443 g/mol. The van der Waals surface area contributed by atoms with E-state index >= 15 is 0 Å². The summed E-state index contributed by atoms with van der Waals surface area (Å²) in [5.74, 6) is -5.49. The number of hydrogen-bond acceptors (Lipinski definition) is 9. The Kier molecular flexibility index (Phi) is 10.0. The van der Waals surface area contributed by atoms with Crippen LogP contribution in [0.4, 0.5) is 0 Å². The van der Waals surface area contributed by atoms with E-state index in [1.807, 2.05) is 5.32 Å². The van der Waals surface area contributed by atoms with E-state index in [4.69, 9.17) is 16.6 Å². The minimum absolute atomic E-state index is 0.0731. The van der Waals surface area contributed by atoms with Crippen LogP contribution in [-0.2, 0) is 30.4 Å². The third-order valence-electron chi connectivity index (χ3n) is 3.98. The van der Waals surface area contributed by atoms with Crippen LogP contribution in [0.5, 0.6) is 0 Å². The first-order valence-corrected chi connectivity index (χ1v) is 8.95. The number of hydrogen-bond donors (Lipinski definition) is 9. The number of carboxylic acids is 1. The molecule has 0 radical (unpaired) electrons. The first kappa shape index (κ1) is 25.5. The molecule has 0 aliphatic heterocycles. The van der Waals surface area contributed by atoms with E-state index in [1.54, 1.807) is 0 Å². The SMILES string of the molecule is NC(=O)CC(NC(=O)C(CO)NC(=O)C(CO)NC(=O)C(N)Cc1cnc[nH]1)C(=O)O. The molecule has 0 bridgehead atoms. The first-order valence-electron chi connectivity index (χ1n) is 8.95. The van der Waals surface area contributed by atoms with E-state index in [-0.39, 0.29) is 6.42 Å². The Morgan fingerprint density at radius 1 is 0.968 bits per heavy atom. The summed E-state index contributed by atoms with van der Waals surface area (Å²) in [4.78, 5) is 65.1. The van der Waals surface area contributed by atoms with Gasteiger partial charge in [0, 0.05) is 18.3 Å². The fraction of sp³-hybridized carbons (Fsp3) is 0.500. The van der Waals surface area contributed by atoms with E-state index in [0.717, 1.165) is 0 Å². The number of amides is 4.